The zero-order chi connectivity index (χ0) is 44.6. The van der Waals surface area contributed by atoms with Crippen LogP contribution in [0.15, 0.2) is 193 Å². The van der Waals surface area contributed by atoms with Gasteiger partial charge < -0.3 is 37.9 Å². The van der Waals surface area contributed by atoms with Crippen LogP contribution in [0.1, 0.15) is 33.4 Å². The van der Waals surface area contributed by atoms with Gasteiger partial charge in [0, 0.05) is 4.47 Å². The highest BCUT2D eigenvalue weighted by Crippen LogP contribution is 2.38. The fraction of sp³-hybridized carbons (Fsp3) is 0.250. The van der Waals surface area contributed by atoms with Crippen LogP contribution in [-0.2, 0) is 68.1 Å². The Hall–Kier alpha value is -5.62. The van der Waals surface area contributed by atoms with E-state index in [9.17, 15) is 0 Å². The third-order valence-corrected chi connectivity index (χ3v) is 12.1. The van der Waals surface area contributed by atoms with Gasteiger partial charge in [0.25, 0.3) is 0 Å². The van der Waals surface area contributed by atoms with Crippen molar-refractivity contribution in [3.8, 4) is 22.6 Å². The van der Waals surface area contributed by atoms with Gasteiger partial charge >= 0.3 is 0 Å². The molecule has 0 radical (unpaired) electrons. The molecule has 0 aliphatic heterocycles. The minimum Gasteiger partial charge on any atom is -0.493 e. The van der Waals surface area contributed by atoms with Crippen LogP contribution in [0, 0.1) is 0 Å². The van der Waals surface area contributed by atoms with Gasteiger partial charge in [-0.15, -0.1) is 0 Å². The van der Waals surface area contributed by atoms with Crippen LogP contribution < -0.4 is 9.47 Å². The van der Waals surface area contributed by atoms with E-state index in [4.69, 9.17) is 37.9 Å². The topological polar surface area (TPSA) is 73.8 Å². The molecule has 0 heterocycles. The molecule has 7 aromatic rings. The Kier molecular flexibility index (Phi) is 16.6. The van der Waals surface area contributed by atoms with E-state index < -0.39 is 36.6 Å². The van der Waals surface area contributed by atoms with Crippen LogP contribution in [0.3, 0.4) is 0 Å². The van der Waals surface area contributed by atoms with Crippen LogP contribution in [0.25, 0.3) is 11.1 Å². The number of benzene rings is 7. The summed E-state index contributed by atoms with van der Waals surface area (Å²) in [5.74, 6) is 1.35. The zero-order valence-corrected chi connectivity index (χ0v) is 38.3. The lowest BCUT2D eigenvalue weighted by Crippen LogP contribution is -2.67. The third-order valence-electron chi connectivity index (χ3n) is 11.6. The first-order chi connectivity index (χ1) is 32.0. The maximum absolute atomic E-state index is 7.17. The minimum absolute atomic E-state index is 0.272. The van der Waals surface area contributed by atoms with Crippen molar-refractivity contribution in [3.63, 3.8) is 0 Å². The van der Waals surface area contributed by atoms with Gasteiger partial charge in [-0.25, -0.2) is 0 Å². The quantitative estimate of drug-likeness (QED) is 0.0706. The normalized spacial score (nSPS) is 19.4. The molecule has 8 nitrogen and oxygen atoms in total. The van der Waals surface area contributed by atoms with Gasteiger partial charge in [-0.05, 0) is 68.8 Å². The first-order valence-electron chi connectivity index (χ1n) is 22.0. The Balaban J connectivity index is 1.18. The van der Waals surface area contributed by atoms with Crippen molar-refractivity contribution >= 4 is 15.9 Å². The molecule has 1 saturated carbocycles. The summed E-state index contributed by atoms with van der Waals surface area (Å²) >= 11 is 3.59. The Bertz CT molecular complexity index is 2360. The SMILES string of the molecule is COc1ccc(-c2ccc(COC3[C@@H](OCc4ccccc4)[C@H](OCc4ccccc4)C(OCc4ccc(Br)cc4)[C@H](OCc4ccccc4)[C@@H]3OCc3ccccc3)cc2)cc1OC. The maximum atomic E-state index is 7.17. The molecule has 9 heteroatoms. The molecule has 0 aromatic heterocycles. The van der Waals surface area contributed by atoms with Gasteiger partial charge in [0.15, 0.2) is 11.5 Å². The molecule has 0 saturated heterocycles. The van der Waals surface area contributed by atoms with Gasteiger partial charge in [0.2, 0.25) is 0 Å². The van der Waals surface area contributed by atoms with Crippen molar-refractivity contribution < 1.29 is 37.9 Å². The molecule has 6 atom stereocenters. The second-order valence-electron chi connectivity index (χ2n) is 16.0. The first-order valence-corrected chi connectivity index (χ1v) is 22.7. The Labute approximate surface area is 391 Å². The fourth-order valence-electron chi connectivity index (χ4n) is 8.10. The molecule has 65 heavy (non-hydrogen) atoms. The highest BCUT2D eigenvalue weighted by atomic mass is 79.9. The van der Waals surface area contributed by atoms with E-state index >= 15 is 0 Å². The van der Waals surface area contributed by atoms with Gasteiger partial charge in [-0.3, -0.25) is 0 Å². The molecule has 1 aliphatic rings. The number of ether oxygens (including phenoxy) is 8. The number of halogens is 1. The third kappa shape index (κ3) is 12.6. The number of methoxy groups -OCH3 is 2. The van der Waals surface area contributed by atoms with Gasteiger partial charge in [-0.2, -0.15) is 0 Å². The van der Waals surface area contributed by atoms with Crippen LogP contribution in [0.2, 0.25) is 0 Å². The van der Waals surface area contributed by atoms with Crippen molar-refractivity contribution in [1.82, 2.24) is 0 Å². The van der Waals surface area contributed by atoms with Gasteiger partial charge in [0.05, 0.1) is 53.9 Å². The predicted molar refractivity (Wildman–Crippen MR) is 256 cm³/mol. The van der Waals surface area contributed by atoms with Crippen molar-refractivity contribution in [2.45, 2.75) is 76.3 Å². The Morgan fingerprint density at radius 2 is 0.585 bits per heavy atom. The lowest BCUT2D eigenvalue weighted by Gasteiger charge is -2.49. The van der Waals surface area contributed by atoms with Crippen molar-refractivity contribution in [3.05, 3.63) is 226 Å². The molecule has 8 rings (SSSR count). The highest BCUT2D eigenvalue weighted by molar-refractivity contribution is 9.10. The Morgan fingerprint density at radius 3 is 0.892 bits per heavy atom. The largest absolute Gasteiger partial charge is 0.493 e. The number of rotatable bonds is 21. The summed E-state index contributed by atoms with van der Waals surface area (Å²) in [7, 11) is 3.28. The lowest BCUT2D eigenvalue weighted by atomic mass is 9.83. The van der Waals surface area contributed by atoms with Crippen molar-refractivity contribution in [2.75, 3.05) is 14.2 Å². The number of hydrogen-bond donors (Lipinski definition) is 0. The predicted octanol–water partition coefficient (Wildman–Crippen LogP) is 12.0. The van der Waals surface area contributed by atoms with Gasteiger partial charge in [0.1, 0.15) is 36.6 Å². The number of hydrogen-bond acceptors (Lipinski definition) is 8. The summed E-state index contributed by atoms with van der Waals surface area (Å²) < 4.78 is 54.6. The minimum atomic E-state index is -0.665. The highest BCUT2D eigenvalue weighted by Gasteiger charge is 2.55. The molecule has 1 aliphatic carbocycles. The van der Waals surface area contributed by atoms with Crippen LogP contribution in [0.5, 0.6) is 11.5 Å². The van der Waals surface area contributed by atoms with Crippen LogP contribution in [0.4, 0.5) is 0 Å². The molecule has 0 N–H and O–H groups in total. The molecule has 1 fully saturated rings. The molecular weight excluding hydrogens is 881 g/mol. The average molecular weight is 936 g/mol. The summed E-state index contributed by atoms with van der Waals surface area (Å²) in [5.41, 5.74) is 8.14. The summed E-state index contributed by atoms with van der Waals surface area (Å²) in [5, 5.41) is 0. The molecular formula is C56H55BrO8. The summed E-state index contributed by atoms with van der Waals surface area (Å²) in [6.45, 7) is 1.85. The van der Waals surface area contributed by atoms with E-state index in [-0.39, 0.29) is 6.61 Å². The van der Waals surface area contributed by atoms with E-state index in [1.54, 1.807) is 14.2 Å². The van der Waals surface area contributed by atoms with E-state index in [2.05, 4.69) is 101 Å². The fourth-order valence-corrected chi connectivity index (χ4v) is 8.37. The van der Waals surface area contributed by atoms with E-state index in [0.717, 1.165) is 49.0 Å². The van der Waals surface area contributed by atoms with Crippen LogP contribution >= 0.6 is 15.9 Å². The van der Waals surface area contributed by atoms with Crippen molar-refractivity contribution in [2.24, 2.45) is 0 Å². The molecule has 0 amide bonds. The van der Waals surface area contributed by atoms with Crippen molar-refractivity contribution in [1.29, 1.82) is 0 Å². The second-order valence-corrected chi connectivity index (χ2v) is 16.9. The monoisotopic (exact) mass is 934 g/mol. The standard InChI is InChI=1S/C56H55BrO8/c1-58-49-32-29-47(33-50(49)59-2)46-27-23-44(24-28-46)38-64-55-51(60-34-40-15-7-3-8-16-40)53(62-36-42-19-11-5-12-20-42)56(65-39-45-25-30-48(57)31-26-45)54(63-37-43-21-13-6-14-22-43)52(55)61-35-41-17-9-4-10-18-41/h3-33,51-56H,34-39H2,1-2H3/t51-,52-,53-,54+,55?,56?/m0/s1. The smallest absolute Gasteiger partial charge is 0.161 e. The molecule has 0 spiro atoms. The maximum Gasteiger partial charge on any atom is 0.161 e. The van der Waals surface area contributed by atoms with E-state index in [0.29, 0.717) is 44.5 Å². The average Bonchev–Trinajstić information content (AvgIpc) is 3.37. The first kappa shape index (κ1) is 45.9. The van der Waals surface area contributed by atoms with E-state index in [1.807, 2.05) is 103 Å². The lowest BCUT2D eigenvalue weighted by molar-refractivity contribution is -0.292. The molecule has 7 aromatic carbocycles. The van der Waals surface area contributed by atoms with E-state index in [1.165, 1.54) is 0 Å². The van der Waals surface area contributed by atoms with Crippen LogP contribution in [-0.4, -0.2) is 50.8 Å². The Morgan fingerprint density at radius 1 is 0.308 bits per heavy atom. The van der Waals surface area contributed by atoms with Gasteiger partial charge in [-0.1, -0.05) is 180 Å². The summed E-state index contributed by atoms with van der Waals surface area (Å²) in [4.78, 5) is 0. The summed E-state index contributed by atoms with van der Waals surface area (Å²) in [6, 6.07) is 63.2. The zero-order valence-electron chi connectivity index (χ0n) is 36.7. The second kappa shape index (κ2) is 23.5. The summed E-state index contributed by atoms with van der Waals surface area (Å²) in [6.07, 6.45) is -3.92. The molecule has 334 valence electrons. The molecule has 0 bridgehead atoms. The molecule has 2 unspecified atom stereocenters.